The van der Waals surface area contributed by atoms with Gasteiger partial charge >= 0.3 is 6.18 Å². The number of rotatable bonds is 4. The van der Waals surface area contributed by atoms with Crippen LogP contribution in [0, 0.1) is 18.8 Å². The minimum absolute atomic E-state index is 0.0621. The number of alkyl halides is 3. The van der Waals surface area contributed by atoms with E-state index in [-0.39, 0.29) is 17.3 Å². The largest absolute Gasteiger partial charge is 0.434 e. The number of carbonyl (C=O) groups is 1. The summed E-state index contributed by atoms with van der Waals surface area (Å²) in [7, 11) is 0. The topological polar surface area (TPSA) is 54.9 Å². The number of carbonyl (C=O) groups excluding carboxylic acids is 1. The van der Waals surface area contributed by atoms with E-state index in [2.05, 4.69) is 27.1 Å². The van der Waals surface area contributed by atoms with Crippen molar-refractivity contribution in [2.45, 2.75) is 38.4 Å². The van der Waals surface area contributed by atoms with E-state index in [1.54, 1.807) is 55.5 Å². The normalized spacial score (nSPS) is 14.3. The molecule has 3 aromatic rings. The Hall–Kier alpha value is -3.66. The van der Waals surface area contributed by atoms with Gasteiger partial charge in [0.1, 0.15) is 5.82 Å². The molecule has 4 rings (SSSR count). The van der Waals surface area contributed by atoms with Crippen molar-refractivity contribution in [2.75, 3.05) is 0 Å². The standard InChI is InChI=1S/C25H20F3N3O/c1-3-4-17-5-7-19(8-6-17)23(32)31-24(13-14-24)20-11-9-18(10-12-20)21-15-29-16(2)30-22(21)25(26,27)28/h5-12,15H,13-14H2,1-2H3,(H,31,32). The van der Waals surface area contributed by atoms with Crippen LogP contribution in [0.1, 0.15) is 52.8 Å². The van der Waals surface area contributed by atoms with E-state index in [0.717, 1.165) is 24.0 Å². The van der Waals surface area contributed by atoms with Crippen molar-refractivity contribution in [2.24, 2.45) is 0 Å². The third-order valence-corrected chi connectivity index (χ3v) is 5.45. The summed E-state index contributed by atoms with van der Waals surface area (Å²) >= 11 is 0. The second-order valence-electron chi connectivity index (χ2n) is 7.74. The molecule has 7 heteroatoms. The smallest absolute Gasteiger partial charge is 0.343 e. The molecule has 0 spiro atoms. The van der Waals surface area contributed by atoms with E-state index in [1.807, 2.05) is 0 Å². The summed E-state index contributed by atoms with van der Waals surface area (Å²) in [6.45, 7) is 3.17. The number of halogens is 3. The molecule has 0 unspecified atom stereocenters. The molecule has 0 radical (unpaired) electrons. The number of aryl methyl sites for hydroxylation is 1. The van der Waals surface area contributed by atoms with Crippen LogP contribution >= 0.6 is 0 Å². The highest BCUT2D eigenvalue weighted by molar-refractivity contribution is 5.95. The lowest BCUT2D eigenvalue weighted by Crippen LogP contribution is -2.34. The number of benzene rings is 2. The van der Waals surface area contributed by atoms with Gasteiger partial charge in [-0.05, 0) is 62.1 Å². The van der Waals surface area contributed by atoms with Crippen molar-refractivity contribution in [1.82, 2.24) is 15.3 Å². The Morgan fingerprint density at radius 2 is 1.72 bits per heavy atom. The van der Waals surface area contributed by atoms with Gasteiger partial charge in [0.05, 0.1) is 5.54 Å². The Morgan fingerprint density at radius 1 is 1.06 bits per heavy atom. The first-order valence-electron chi connectivity index (χ1n) is 10.1. The van der Waals surface area contributed by atoms with E-state index in [4.69, 9.17) is 0 Å². The minimum atomic E-state index is -4.58. The lowest BCUT2D eigenvalue weighted by atomic mass is 9.98. The number of hydrogen-bond donors (Lipinski definition) is 1. The fraction of sp³-hybridized carbons (Fsp3) is 0.240. The molecule has 1 heterocycles. The summed E-state index contributed by atoms with van der Waals surface area (Å²) in [5.41, 5.74) is 1.05. The van der Waals surface area contributed by atoms with E-state index < -0.39 is 17.4 Å². The maximum Gasteiger partial charge on any atom is 0.434 e. The van der Waals surface area contributed by atoms with E-state index in [9.17, 15) is 18.0 Å². The predicted octanol–water partition coefficient (Wildman–Crippen LogP) is 5.26. The number of nitrogens with zero attached hydrogens (tertiary/aromatic N) is 2. The summed E-state index contributed by atoms with van der Waals surface area (Å²) in [6.07, 6.45) is -1.86. The predicted molar refractivity (Wildman–Crippen MR) is 115 cm³/mol. The highest BCUT2D eigenvalue weighted by Gasteiger charge is 2.45. The maximum atomic E-state index is 13.4. The highest BCUT2D eigenvalue weighted by Crippen LogP contribution is 2.46. The van der Waals surface area contributed by atoms with Crippen molar-refractivity contribution in [3.63, 3.8) is 0 Å². The SMILES string of the molecule is CC#Cc1ccc(C(=O)NC2(c3ccc(-c4cnc(C)nc4C(F)(F)F)cc3)CC2)cc1. The van der Waals surface area contributed by atoms with Crippen molar-refractivity contribution in [3.8, 4) is 23.0 Å². The van der Waals surface area contributed by atoms with Crippen LogP contribution in [0.25, 0.3) is 11.1 Å². The van der Waals surface area contributed by atoms with Crippen molar-refractivity contribution in [1.29, 1.82) is 0 Å². The van der Waals surface area contributed by atoms with Gasteiger partial charge in [0.25, 0.3) is 5.91 Å². The summed E-state index contributed by atoms with van der Waals surface area (Å²) in [6, 6.07) is 13.8. The van der Waals surface area contributed by atoms with Gasteiger partial charge in [0.15, 0.2) is 5.69 Å². The third kappa shape index (κ3) is 4.35. The molecular weight excluding hydrogens is 415 g/mol. The van der Waals surface area contributed by atoms with Gasteiger partial charge in [0, 0.05) is 22.9 Å². The summed E-state index contributed by atoms with van der Waals surface area (Å²) < 4.78 is 40.3. The molecule has 1 saturated carbocycles. The van der Waals surface area contributed by atoms with Crippen LogP contribution in [-0.4, -0.2) is 15.9 Å². The highest BCUT2D eigenvalue weighted by atomic mass is 19.4. The van der Waals surface area contributed by atoms with E-state index in [0.29, 0.717) is 11.1 Å². The zero-order valence-corrected chi connectivity index (χ0v) is 17.5. The average Bonchev–Trinajstić information content (AvgIpc) is 3.54. The van der Waals surface area contributed by atoms with Gasteiger partial charge in [-0.15, -0.1) is 5.92 Å². The van der Waals surface area contributed by atoms with Crippen molar-refractivity contribution < 1.29 is 18.0 Å². The first-order valence-corrected chi connectivity index (χ1v) is 10.1. The number of amides is 1. The van der Waals surface area contributed by atoms with Gasteiger partial charge in [-0.3, -0.25) is 4.79 Å². The van der Waals surface area contributed by atoms with Gasteiger partial charge in [-0.1, -0.05) is 30.2 Å². The first kappa shape index (κ1) is 21.6. The summed E-state index contributed by atoms with van der Waals surface area (Å²) in [5.74, 6) is 5.61. The molecule has 32 heavy (non-hydrogen) atoms. The second kappa shape index (κ2) is 8.12. The van der Waals surface area contributed by atoms with Crippen LogP contribution in [0.15, 0.2) is 54.7 Å². The van der Waals surface area contributed by atoms with Gasteiger partial charge < -0.3 is 5.32 Å². The van der Waals surface area contributed by atoms with Crippen molar-refractivity contribution >= 4 is 5.91 Å². The molecule has 1 amide bonds. The summed E-state index contributed by atoms with van der Waals surface area (Å²) in [4.78, 5) is 20.3. The van der Waals surface area contributed by atoms with Crippen LogP contribution in [0.2, 0.25) is 0 Å². The monoisotopic (exact) mass is 435 g/mol. The Kier molecular flexibility index (Phi) is 5.47. The molecule has 0 atom stereocenters. The lowest BCUT2D eigenvalue weighted by Gasteiger charge is -2.19. The Bertz CT molecular complexity index is 1220. The molecule has 0 bridgehead atoms. The molecule has 0 saturated heterocycles. The van der Waals surface area contributed by atoms with E-state index >= 15 is 0 Å². The molecular formula is C25H20F3N3O. The van der Waals surface area contributed by atoms with Crippen LogP contribution in [0.4, 0.5) is 13.2 Å². The lowest BCUT2D eigenvalue weighted by molar-refractivity contribution is -0.140. The molecule has 1 aromatic heterocycles. The average molecular weight is 435 g/mol. The zero-order valence-electron chi connectivity index (χ0n) is 17.5. The van der Waals surface area contributed by atoms with Crippen LogP contribution in [0.5, 0.6) is 0 Å². The summed E-state index contributed by atoms with van der Waals surface area (Å²) in [5, 5.41) is 3.07. The van der Waals surface area contributed by atoms with Gasteiger partial charge in [-0.2, -0.15) is 13.2 Å². The fourth-order valence-corrected chi connectivity index (χ4v) is 3.62. The van der Waals surface area contributed by atoms with Crippen LogP contribution in [-0.2, 0) is 11.7 Å². The Labute approximate surface area is 183 Å². The second-order valence-corrected chi connectivity index (χ2v) is 7.74. The third-order valence-electron chi connectivity index (χ3n) is 5.45. The van der Waals surface area contributed by atoms with Crippen LogP contribution in [0.3, 0.4) is 0 Å². The number of aromatic nitrogens is 2. The van der Waals surface area contributed by atoms with Crippen LogP contribution < -0.4 is 5.32 Å². The molecule has 2 aromatic carbocycles. The molecule has 0 aliphatic heterocycles. The fourth-order valence-electron chi connectivity index (χ4n) is 3.62. The minimum Gasteiger partial charge on any atom is -0.343 e. The molecule has 162 valence electrons. The molecule has 4 nitrogen and oxygen atoms in total. The maximum absolute atomic E-state index is 13.4. The molecule has 1 aliphatic carbocycles. The van der Waals surface area contributed by atoms with E-state index in [1.165, 1.54) is 13.1 Å². The number of hydrogen-bond acceptors (Lipinski definition) is 3. The van der Waals surface area contributed by atoms with Crippen molar-refractivity contribution in [3.05, 3.63) is 82.9 Å². The Morgan fingerprint density at radius 3 is 2.28 bits per heavy atom. The quantitative estimate of drug-likeness (QED) is 0.569. The van der Waals surface area contributed by atoms with Gasteiger partial charge in [0.2, 0.25) is 0 Å². The molecule has 1 aliphatic rings. The molecule has 1 N–H and O–H groups in total. The number of nitrogens with one attached hydrogen (secondary N) is 1. The van der Waals surface area contributed by atoms with Gasteiger partial charge in [-0.25, -0.2) is 9.97 Å². The first-order chi connectivity index (χ1) is 15.2. The molecule has 1 fully saturated rings. The zero-order chi connectivity index (χ0) is 22.9. The Balaban J connectivity index is 1.55.